The highest BCUT2D eigenvalue weighted by molar-refractivity contribution is 5.42. The van der Waals surface area contributed by atoms with Gasteiger partial charge >= 0.3 is 0 Å². The number of aryl methyl sites for hydroxylation is 2. The number of ether oxygens (including phenoxy) is 1. The summed E-state index contributed by atoms with van der Waals surface area (Å²) in [5.74, 6) is 0.949. The van der Waals surface area contributed by atoms with Crippen LogP contribution >= 0.6 is 0 Å². The van der Waals surface area contributed by atoms with Crippen LogP contribution in [-0.2, 0) is 6.42 Å². The molecular weight excluding hydrogens is 174 g/mol. The number of nitrogens with two attached hydrogens (primary N) is 1. The van der Waals surface area contributed by atoms with Crippen LogP contribution in [0.15, 0.2) is 12.1 Å². The summed E-state index contributed by atoms with van der Waals surface area (Å²) in [7, 11) is 1.70. The van der Waals surface area contributed by atoms with Gasteiger partial charge in [-0.05, 0) is 49.9 Å². The molecule has 1 aromatic rings. The largest absolute Gasteiger partial charge is 0.496 e. The zero-order valence-corrected chi connectivity index (χ0v) is 9.42. The van der Waals surface area contributed by atoms with Gasteiger partial charge in [-0.15, -0.1) is 0 Å². The van der Waals surface area contributed by atoms with Crippen molar-refractivity contribution in [3.05, 3.63) is 28.8 Å². The van der Waals surface area contributed by atoms with E-state index in [1.54, 1.807) is 7.11 Å². The lowest BCUT2D eigenvalue weighted by Crippen LogP contribution is -2.18. The van der Waals surface area contributed by atoms with Crippen LogP contribution in [0, 0.1) is 13.8 Å². The quantitative estimate of drug-likeness (QED) is 0.798. The SMILES string of the molecule is COc1cc(C)c(C)cc1C[C@H](C)N. The van der Waals surface area contributed by atoms with Gasteiger partial charge in [0.25, 0.3) is 0 Å². The Bertz CT molecular complexity index is 318. The Morgan fingerprint density at radius 1 is 1.29 bits per heavy atom. The monoisotopic (exact) mass is 193 g/mol. The van der Waals surface area contributed by atoms with Crippen LogP contribution in [0.1, 0.15) is 23.6 Å². The molecule has 0 amide bonds. The van der Waals surface area contributed by atoms with Crippen molar-refractivity contribution in [3.8, 4) is 5.75 Å². The predicted octanol–water partition coefficient (Wildman–Crippen LogP) is 2.20. The third kappa shape index (κ3) is 2.48. The van der Waals surface area contributed by atoms with Crippen LogP contribution in [0.3, 0.4) is 0 Å². The topological polar surface area (TPSA) is 35.2 Å². The third-order valence-electron chi connectivity index (χ3n) is 2.44. The Morgan fingerprint density at radius 2 is 1.86 bits per heavy atom. The minimum absolute atomic E-state index is 0.172. The van der Waals surface area contributed by atoms with Gasteiger partial charge in [0.05, 0.1) is 7.11 Å². The maximum absolute atomic E-state index is 5.78. The molecule has 0 fully saturated rings. The van der Waals surface area contributed by atoms with E-state index < -0.39 is 0 Å². The van der Waals surface area contributed by atoms with Crippen LogP contribution in [0.4, 0.5) is 0 Å². The Balaban J connectivity index is 3.07. The van der Waals surface area contributed by atoms with E-state index in [0.717, 1.165) is 12.2 Å². The molecule has 0 unspecified atom stereocenters. The lowest BCUT2D eigenvalue weighted by atomic mass is 10.0. The normalized spacial score (nSPS) is 12.6. The van der Waals surface area contributed by atoms with E-state index in [1.165, 1.54) is 16.7 Å². The number of hydrogen-bond donors (Lipinski definition) is 1. The lowest BCUT2D eigenvalue weighted by Gasteiger charge is -2.13. The standard InChI is InChI=1S/C12H19NO/c1-8-5-11(7-10(3)13)12(14-4)6-9(8)2/h5-6,10H,7,13H2,1-4H3/t10-/m0/s1. The van der Waals surface area contributed by atoms with Crippen LogP contribution < -0.4 is 10.5 Å². The summed E-state index contributed by atoms with van der Waals surface area (Å²) in [6.45, 7) is 6.21. The average Bonchev–Trinajstić information content (AvgIpc) is 2.10. The van der Waals surface area contributed by atoms with Crippen molar-refractivity contribution in [2.75, 3.05) is 7.11 Å². The Kier molecular flexibility index (Phi) is 3.53. The second kappa shape index (κ2) is 4.47. The molecular formula is C12H19NO. The van der Waals surface area contributed by atoms with E-state index in [-0.39, 0.29) is 6.04 Å². The zero-order valence-electron chi connectivity index (χ0n) is 9.42. The Hall–Kier alpha value is -1.02. The third-order valence-corrected chi connectivity index (χ3v) is 2.44. The van der Waals surface area contributed by atoms with E-state index in [1.807, 2.05) is 6.92 Å². The van der Waals surface area contributed by atoms with E-state index >= 15 is 0 Å². The molecule has 0 aromatic heterocycles. The molecule has 1 rings (SSSR count). The predicted molar refractivity (Wildman–Crippen MR) is 59.8 cm³/mol. The van der Waals surface area contributed by atoms with Gasteiger partial charge < -0.3 is 10.5 Å². The molecule has 1 aromatic carbocycles. The van der Waals surface area contributed by atoms with E-state index in [4.69, 9.17) is 10.5 Å². The molecule has 0 bridgehead atoms. The van der Waals surface area contributed by atoms with Crippen molar-refractivity contribution in [1.82, 2.24) is 0 Å². The molecule has 0 aliphatic heterocycles. The highest BCUT2D eigenvalue weighted by atomic mass is 16.5. The number of methoxy groups -OCH3 is 1. The van der Waals surface area contributed by atoms with Gasteiger partial charge in [0.15, 0.2) is 0 Å². The number of hydrogen-bond acceptors (Lipinski definition) is 2. The first-order chi connectivity index (χ1) is 6.54. The van der Waals surface area contributed by atoms with Crippen molar-refractivity contribution in [2.45, 2.75) is 33.2 Å². The van der Waals surface area contributed by atoms with Gasteiger partial charge in [-0.3, -0.25) is 0 Å². The maximum Gasteiger partial charge on any atom is 0.122 e. The van der Waals surface area contributed by atoms with Crippen LogP contribution in [0.2, 0.25) is 0 Å². The first kappa shape index (κ1) is 11.1. The average molecular weight is 193 g/mol. The molecule has 2 heteroatoms. The molecule has 0 saturated heterocycles. The Morgan fingerprint density at radius 3 is 2.36 bits per heavy atom. The molecule has 2 nitrogen and oxygen atoms in total. The van der Waals surface area contributed by atoms with Crippen molar-refractivity contribution >= 4 is 0 Å². The van der Waals surface area contributed by atoms with E-state index in [9.17, 15) is 0 Å². The summed E-state index contributed by atoms with van der Waals surface area (Å²) in [6, 6.07) is 4.41. The first-order valence-electron chi connectivity index (χ1n) is 4.94. The lowest BCUT2D eigenvalue weighted by molar-refractivity contribution is 0.408. The summed E-state index contributed by atoms with van der Waals surface area (Å²) in [4.78, 5) is 0. The molecule has 0 heterocycles. The van der Waals surface area contributed by atoms with Crippen LogP contribution in [-0.4, -0.2) is 13.2 Å². The summed E-state index contributed by atoms with van der Waals surface area (Å²) < 4.78 is 5.33. The number of rotatable bonds is 3. The molecule has 1 atom stereocenters. The molecule has 2 N–H and O–H groups in total. The van der Waals surface area contributed by atoms with Gasteiger partial charge in [-0.25, -0.2) is 0 Å². The summed E-state index contributed by atoms with van der Waals surface area (Å²) >= 11 is 0. The highest BCUT2D eigenvalue weighted by Gasteiger charge is 2.07. The van der Waals surface area contributed by atoms with E-state index in [0.29, 0.717) is 0 Å². The first-order valence-corrected chi connectivity index (χ1v) is 4.94. The van der Waals surface area contributed by atoms with Crippen molar-refractivity contribution < 1.29 is 4.74 Å². The molecule has 0 radical (unpaired) electrons. The fourth-order valence-corrected chi connectivity index (χ4v) is 1.55. The molecule has 78 valence electrons. The number of benzene rings is 1. The minimum atomic E-state index is 0.172. The summed E-state index contributed by atoms with van der Waals surface area (Å²) in [5, 5.41) is 0. The Labute approximate surface area is 86.1 Å². The fraction of sp³-hybridized carbons (Fsp3) is 0.500. The molecule has 0 spiro atoms. The fourth-order valence-electron chi connectivity index (χ4n) is 1.55. The molecule has 0 saturated carbocycles. The molecule has 14 heavy (non-hydrogen) atoms. The zero-order chi connectivity index (χ0) is 10.7. The smallest absolute Gasteiger partial charge is 0.122 e. The van der Waals surface area contributed by atoms with Gasteiger partial charge in [-0.1, -0.05) is 6.07 Å². The van der Waals surface area contributed by atoms with Gasteiger partial charge in [0, 0.05) is 6.04 Å². The summed E-state index contributed by atoms with van der Waals surface area (Å²) in [6.07, 6.45) is 0.865. The van der Waals surface area contributed by atoms with Crippen LogP contribution in [0.5, 0.6) is 5.75 Å². The van der Waals surface area contributed by atoms with Crippen LogP contribution in [0.25, 0.3) is 0 Å². The van der Waals surface area contributed by atoms with Crippen molar-refractivity contribution in [3.63, 3.8) is 0 Å². The molecule has 0 aliphatic rings. The van der Waals surface area contributed by atoms with Gasteiger partial charge in [-0.2, -0.15) is 0 Å². The highest BCUT2D eigenvalue weighted by Crippen LogP contribution is 2.23. The van der Waals surface area contributed by atoms with Crippen molar-refractivity contribution in [2.24, 2.45) is 5.73 Å². The van der Waals surface area contributed by atoms with Gasteiger partial charge in [0.1, 0.15) is 5.75 Å². The van der Waals surface area contributed by atoms with Crippen molar-refractivity contribution in [1.29, 1.82) is 0 Å². The minimum Gasteiger partial charge on any atom is -0.496 e. The second-order valence-corrected chi connectivity index (χ2v) is 3.93. The van der Waals surface area contributed by atoms with Gasteiger partial charge in [0.2, 0.25) is 0 Å². The second-order valence-electron chi connectivity index (χ2n) is 3.93. The summed E-state index contributed by atoms with van der Waals surface area (Å²) in [5.41, 5.74) is 9.53. The van der Waals surface area contributed by atoms with E-state index in [2.05, 4.69) is 26.0 Å². The molecule has 0 aliphatic carbocycles. The maximum atomic E-state index is 5.78.